The Hall–Kier alpha value is -0.120. The molecule has 88 valence electrons. The van der Waals surface area contributed by atoms with Crippen molar-refractivity contribution in [3.8, 4) is 0 Å². The maximum Gasteiger partial charge on any atom is 0.169 e. The highest BCUT2D eigenvalue weighted by Gasteiger charge is 2.43. The molecule has 0 bridgehead atoms. The van der Waals surface area contributed by atoms with Gasteiger partial charge in [0.15, 0.2) is 5.79 Å². The molecule has 2 aliphatic rings. The highest BCUT2D eigenvalue weighted by atomic mass is 16.7. The molecule has 2 atom stereocenters. The summed E-state index contributed by atoms with van der Waals surface area (Å²) in [7, 11) is 0. The van der Waals surface area contributed by atoms with Crippen LogP contribution in [0.5, 0.6) is 0 Å². The van der Waals surface area contributed by atoms with Crippen LogP contribution >= 0.6 is 0 Å². The Bertz CT molecular complexity index is 227. The standard InChI is InChI=1S/C12H22O3/c1-11(2)4-3-5-12(7-6-11)14-9-10(8-13)15-12/h10,13H,3-9H2,1-2H3. The summed E-state index contributed by atoms with van der Waals surface area (Å²) in [6, 6.07) is 0. The van der Waals surface area contributed by atoms with Gasteiger partial charge < -0.3 is 14.6 Å². The van der Waals surface area contributed by atoms with E-state index in [2.05, 4.69) is 13.8 Å². The Morgan fingerprint density at radius 2 is 2.00 bits per heavy atom. The van der Waals surface area contributed by atoms with E-state index in [0.29, 0.717) is 12.0 Å². The van der Waals surface area contributed by atoms with Gasteiger partial charge >= 0.3 is 0 Å². The molecule has 2 rings (SSSR count). The number of hydrogen-bond donors (Lipinski definition) is 1. The van der Waals surface area contributed by atoms with E-state index in [9.17, 15) is 0 Å². The van der Waals surface area contributed by atoms with Crippen LogP contribution in [-0.2, 0) is 9.47 Å². The second-order valence-corrected chi connectivity index (χ2v) is 5.66. The fourth-order valence-electron chi connectivity index (χ4n) is 2.58. The van der Waals surface area contributed by atoms with Crippen LogP contribution in [0.2, 0.25) is 0 Å². The summed E-state index contributed by atoms with van der Waals surface area (Å²) >= 11 is 0. The summed E-state index contributed by atoms with van der Waals surface area (Å²) in [5.74, 6) is -0.374. The van der Waals surface area contributed by atoms with Gasteiger partial charge in [0.2, 0.25) is 0 Å². The van der Waals surface area contributed by atoms with E-state index in [-0.39, 0.29) is 18.5 Å². The molecule has 0 aromatic carbocycles. The Morgan fingerprint density at radius 3 is 2.67 bits per heavy atom. The molecular weight excluding hydrogens is 192 g/mol. The van der Waals surface area contributed by atoms with E-state index in [4.69, 9.17) is 14.6 Å². The second-order valence-electron chi connectivity index (χ2n) is 5.66. The lowest BCUT2D eigenvalue weighted by Gasteiger charge is -2.27. The molecule has 0 aromatic rings. The summed E-state index contributed by atoms with van der Waals surface area (Å²) < 4.78 is 11.6. The molecule has 1 aliphatic carbocycles. The molecule has 1 saturated heterocycles. The zero-order valence-corrected chi connectivity index (χ0v) is 9.79. The number of rotatable bonds is 1. The average molecular weight is 214 g/mol. The smallest absolute Gasteiger partial charge is 0.169 e. The summed E-state index contributed by atoms with van der Waals surface area (Å²) in [5.41, 5.74) is 0.410. The third-order valence-electron chi connectivity index (χ3n) is 3.71. The number of ether oxygens (including phenoxy) is 2. The van der Waals surface area contributed by atoms with Crippen LogP contribution in [-0.4, -0.2) is 30.2 Å². The van der Waals surface area contributed by atoms with Gasteiger partial charge in [-0.05, 0) is 24.7 Å². The van der Waals surface area contributed by atoms with E-state index in [1.807, 2.05) is 0 Å². The lowest BCUT2D eigenvalue weighted by atomic mass is 9.85. The van der Waals surface area contributed by atoms with Crippen molar-refractivity contribution in [2.45, 2.75) is 57.8 Å². The highest BCUT2D eigenvalue weighted by molar-refractivity contribution is 4.85. The largest absolute Gasteiger partial charge is 0.394 e. The van der Waals surface area contributed by atoms with Crippen LogP contribution < -0.4 is 0 Å². The Morgan fingerprint density at radius 1 is 1.20 bits per heavy atom. The van der Waals surface area contributed by atoms with Crippen molar-refractivity contribution in [2.24, 2.45) is 5.41 Å². The summed E-state index contributed by atoms with van der Waals surface area (Å²) in [6.07, 6.45) is 5.39. The number of hydrogen-bond acceptors (Lipinski definition) is 3. The molecular formula is C12H22O3. The van der Waals surface area contributed by atoms with E-state index in [1.165, 1.54) is 6.42 Å². The normalized spacial score (nSPS) is 40.6. The van der Waals surface area contributed by atoms with Crippen molar-refractivity contribution in [3.63, 3.8) is 0 Å². The van der Waals surface area contributed by atoms with E-state index in [0.717, 1.165) is 25.7 Å². The quantitative estimate of drug-likeness (QED) is 0.726. The van der Waals surface area contributed by atoms with Gasteiger partial charge in [-0.1, -0.05) is 13.8 Å². The van der Waals surface area contributed by atoms with Gasteiger partial charge in [-0.2, -0.15) is 0 Å². The Labute approximate surface area is 91.8 Å². The van der Waals surface area contributed by atoms with Gasteiger partial charge in [0.25, 0.3) is 0 Å². The van der Waals surface area contributed by atoms with Crippen LogP contribution in [0.15, 0.2) is 0 Å². The van der Waals surface area contributed by atoms with Crippen LogP contribution in [0, 0.1) is 5.41 Å². The van der Waals surface area contributed by atoms with Crippen molar-refractivity contribution >= 4 is 0 Å². The van der Waals surface area contributed by atoms with Crippen LogP contribution in [0.1, 0.15) is 46.0 Å². The predicted molar refractivity (Wildman–Crippen MR) is 57.5 cm³/mol. The first kappa shape index (κ1) is 11.4. The minimum atomic E-state index is -0.374. The van der Waals surface area contributed by atoms with Gasteiger partial charge in [0.1, 0.15) is 6.10 Å². The summed E-state index contributed by atoms with van der Waals surface area (Å²) in [6.45, 7) is 5.25. The summed E-state index contributed by atoms with van der Waals surface area (Å²) in [4.78, 5) is 0. The van der Waals surface area contributed by atoms with Gasteiger partial charge in [0.05, 0.1) is 13.2 Å². The fraction of sp³-hybridized carbons (Fsp3) is 1.00. The average Bonchev–Trinajstić information content (AvgIpc) is 2.52. The van der Waals surface area contributed by atoms with Crippen LogP contribution in [0.4, 0.5) is 0 Å². The lowest BCUT2D eigenvalue weighted by Crippen LogP contribution is -2.31. The van der Waals surface area contributed by atoms with Crippen molar-refractivity contribution in [2.75, 3.05) is 13.2 Å². The van der Waals surface area contributed by atoms with Crippen molar-refractivity contribution in [1.29, 1.82) is 0 Å². The molecule has 0 aromatic heterocycles. The minimum Gasteiger partial charge on any atom is -0.394 e. The van der Waals surface area contributed by atoms with E-state index in [1.54, 1.807) is 0 Å². The fourth-order valence-corrected chi connectivity index (χ4v) is 2.58. The molecule has 1 aliphatic heterocycles. The first-order valence-corrected chi connectivity index (χ1v) is 5.98. The van der Waals surface area contributed by atoms with Gasteiger partial charge in [-0.3, -0.25) is 0 Å². The second kappa shape index (κ2) is 4.04. The molecule has 2 unspecified atom stereocenters. The van der Waals surface area contributed by atoms with Gasteiger partial charge in [-0.25, -0.2) is 0 Å². The molecule has 0 radical (unpaired) electrons. The van der Waals surface area contributed by atoms with Crippen molar-refractivity contribution in [1.82, 2.24) is 0 Å². The Kier molecular flexibility index (Phi) is 3.06. The molecule has 2 fully saturated rings. The Balaban J connectivity index is 1.99. The molecule has 1 spiro atoms. The van der Waals surface area contributed by atoms with Crippen molar-refractivity contribution in [3.05, 3.63) is 0 Å². The third-order valence-corrected chi connectivity index (χ3v) is 3.71. The third kappa shape index (κ3) is 2.52. The maximum atomic E-state index is 9.05. The zero-order valence-electron chi connectivity index (χ0n) is 9.79. The molecule has 1 saturated carbocycles. The first-order chi connectivity index (χ1) is 7.05. The van der Waals surface area contributed by atoms with E-state index < -0.39 is 0 Å². The molecule has 1 N–H and O–H groups in total. The minimum absolute atomic E-state index is 0.0745. The van der Waals surface area contributed by atoms with Gasteiger partial charge in [0, 0.05) is 12.8 Å². The monoisotopic (exact) mass is 214 g/mol. The molecule has 0 amide bonds. The SMILES string of the molecule is CC1(C)CCCC2(CC1)OCC(CO)O2. The molecule has 15 heavy (non-hydrogen) atoms. The van der Waals surface area contributed by atoms with Gasteiger partial charge in [-0.15, -0.1) is 0 Å². The highest BCUT2D eigenvalue weighted by Crippen LogP contribution is 2.42. The zero-order chi connectivity index (χ0) is 10.9. The first-order valence-electron chi connectivity index (χ1n) is 5.98. The maximum absolute atomic E-state index is 9.05. The summed E-state index contributed by atoms with van der Waals surface area (Å²) in [5, 5.41) is 9.05. The number of aliphatic hydroxyl groups is 1. The molecule has 1 heterocycles. The van der Waals surface area contributed by atoms with Crippen LogP contribution in [0.25, 0.3) is 0 Å². The van der Waals surface area contributed by atoms with Crippen molar-refractivity contribution < 1.29 is 14.6 Å². The van der Waals surface area contributed by atoms with E-state index >= 15 is 0 Å². The lowest BCUT2D eigenvalue weighted by molar-refractivity contribution is -0.180. The predicted octanol–water partition coefficient (Wildman–Crippen LogP) is 2.08. The topological polar surface area (TPSA) is 38.7 Å². The molecule has 3 heteroatoms. The van der Waals surface area contributed by atoms with Crippen LogP contribution in [0.3, 0.4) is 0 Å². The molecule has 3 nitrogen and oxygen atoms in total. The number of aliphatic hydroxyl groups excluding tert-OH is 1.